The second kappa shape index (κ2) is 9.89. The summed E-state index contributed by atoms with van der Waals surface area (Å²) >= 11 is 0. The largest absolute Gasteiger partial charge is 0.494 e. The molecule has 1 atom stereocenters. The van der Waals surface area contributed by atoms with Gasteiger partial charge in [-0.05, 0) is 44.2 Å². The molecule has 0 saturated carbocycles. The quantitative estimate of drug-likeness (QED) is 0.453. The molecule has 2 aromatic rings. The molecule has 0 radical (unpaired) electrons. The monoisotopic (exact) mass is 451 g/mol. The Balaban J connectivity index is 2.03. The van der Waals surface area contributed by atoms with Gasteiger partial charge in [-0.15, -0.1) is 0 Å². The number of non-ortho nitro benzene ring substituents is 1. The summed E-state index contributed by atoms with van der Waals surface area (Å²) in [4.78, 5) is 34.3. The fourth-order valence-electron chi connectivity index (χ4n) is 2.36. The first-order valence-corrected chi connectivity index (χ1v) is 10.9. The van der Waals surface area contributed by atoms with Crippen LogP contribution in [-0.2, 0) is 14.6 Å². The third kappa shape index (κ3) is 6.67. The molecule has 0 saturated heterocycles. The number of carbonyl (C=O) groups is 2. The number of hydrogen-bond acceptors (Lipinski definition) is 8. The van der Waals surface area contributed by atoms with Crippen LogP contribution in [0.5, 0.6) is 11.5 Å². The highest BCUT2D eigenvalue weighted by Gasteiger charge is 2.20. The van der Waals surface area contributed by atoms with E-state index in [4.69, 9.17) is 9.47 Å². The number of nitrogens with one attached hydrogen (secondary N) is 2. The zero-order valence-electron chi connectivity index (χ0n) is 16.9. The van der Waals surface area contributed by atoms with Gasteiger partial charge in [-0.3, -0.25) is 30.6 Å². The van der Waals surface area contributed by atoms with Crippen LogP contribution >= 0.6 is 0 Å². The van der Waals surface area contributed by atoms with Gasteiger partial charge in [0.25, 0.3) is 17.5 Å². The number of carbonyl (C=O) groups excluding carboxylic acids is 2. The highest BCUT2D eigenvalue weighted by molar-refractivity contribution is 7.90. The summed E-state index contributed by atoms with van der Waals surface area (Å²) in [5.74, 6) is -0.593. The average Bonchev–Trinajstić information content (AvgIpc) is 2.72. The van der Waals surface area contributed by atoms with Crippen molar-refractivity contribution in [2.24, 2.45) is 0 Å². The Labute approximate surface area is 178 Å². The highest BCUT2D eigenvalue weighted by atomic mass is 32.2. The first-order chi connectivity index (χ1) is 14.5. The Morgan fingerprint density at radius 3 is 2.26 bits per heavy atom. The molecule has 0 aliphatic heterocycles. The lowest BCUT2D eigenvalue weighted by atomic mass is 10.2. The number of amides is 2. The Hall–Kier alpha value is -3.67. The lowest BCUT2D eigenvalue weighted by Crippen LogP contribution is -2.47. The van der Waals surface area contributed by atoms with Crippen LogP contribution in [0.2, 0.25) is 0 Å². The smallest absolute Gasteiger partial charge is 0.279 e. The first kappa shape index (κ1) is 23.6. The third-order valence-corrected chi connectivity index (χ3v) is 5.00. The van der Waals surface area contributed by atoms with Crippen molar-refractivity contribution in [3.8, 4) is 11.5 Å². The molecule has 2 aromatic carbocycles. The van der Waals surface area contributed by atoms with Gasteiger partial charge in [0.2, 0.25) is 0 Å². The molecule has 2 amide bonds. The predicted molar refractivity (Wildman–Crippen MR) is 110 cm³/mol. The maximum absolute atomic E-state index is 12.3. The summed E-state index contributed by atoms with van der Waals surface area (Å²) in [5, 5.41) is 11.0. The topological polar surface area (TPSA) is 154 Å². The Bertz CT molecular complexity index is 1080. The van der Waals surface area contributed by atoms with E-state index in [1.165, 1.54) is 6.92 Å². The van der Waals surface area contributed by atoms with Crippen molar-refractivity contribution in [2.45, 2.75) is 24.8 Å². The van der Waals surface area contributed by atoms with E-state index in [1.54, 1.807) is 24.3 Å². The minimum absolute atomic E-state index is 0.310. The van der Waals surface area contributed by atoms with Gasteiger partial charge in [-0.1, -0.05) is 0 Å². The van der Waals surface area contributed by atoms with Crippen molar-refractivity contribution < 1.29 is 32.4 Å². The van der Waals surface area contributed by atoms with Gasteiger partial charge in [-0.25, -0.2) is 8.42 Å². The number of nitro benzene ring substituents is 1. The summed E-state index contributed by atoms with van der Waals surface area (Å²) in [6.07, 6.45) is -0.134. The number of rotatable bonds is 8. The lowest BCUT2D eigenvalue weighted by molar-refractivity contribution is -0.385. The minimum Gasteiger partial charge on any atom is -0.494 e. The van der Waals surface area contributed by atoms with Gasteiger partial charge in [0.1, 0.15) is 11.5 Å². The summed E-state index contributed by atoms with van der Waals surface area (Å²) in [6, 6.07) is 9.29. The number of nitrogens with zero attached hydrogens (tertiary/aromatic N) is 1. The second-order valence-electron chi connectivity index (χ2n) is 6.35. The Morgan fingerprint density at radius 1 is 1.10 bits per heavy atom. The average molecular weight is 451 g/mol. The van der Waals surface area contributed by atoms with E-state index in [9.17, 15) is 28.1 Å². The number of hydrogen-bond donors (Lipinski definition) is 2. The van der Waals surface area contributed by atoms with Crippen LogP contribution in [0.3, 0.4) is 0 Å². The van der Waals surface area contributed by atoms with Gasteiger partial charge < -0.3 is 9.47 Å². The summed E-state index contributed by atoms with van der Waals surface area (Å²) in [7, 11) is -3.80. The van der Waals surface area contributed by atoms with E-state index < -0.39 is 43.3 Å². The van der Waals surface area contributed by atoms with Gasteiger partial charge in [0, 0.05) is 24.0 Å². The van der Waals surface area contributed by atoms with Crippen LogP contribution in [0, 0.1) is 10.1 Å². The molecule has 0 bridgehead atoms. The standard InChI is InChI=1S/C19H21N3O8S/c1-4-29-15-5-7-16(8-6-15)30-12(2)18(23)20-21-19(24)13-9-14(22(25)26)11-17(10-13)31(3,27)28/h5-12H,4H2,1-3H3,(H,20,23)(H,21,24). The number of benzene rings is 2. The van der Waals surface area contributed by atoms with Gasteiger partial charge >= 0.3 is 0 Å². The van der Waals surface area contributed by atoms with Crippen LogP contribution in [-0.4, -0.2) is 44.1 Å². The van der Waals surface area contributed by atoms with E-state index in [-0.39, 0.29) is 5.56 Å². The molecular formula is C19H21N3O8S. The lowest BCUT2D eigenvalue weighted by Gasteiger charge is -2.15. The van der Waals surface area contributed by atoms with Crippen molar-refractivity contribution in [3.05, 3.63) is 58.1 Å². The van der Waals surface area contributed by atoms with E-state index in [0.29, 0.717) is 18.1 Å². The molecule has 2 N–H and O–H groups in total. The Kier molecular flexibility index (Phi) is 7.53. The molecule has 2 rings (SSSR count). The van der Waals surface area contributed by atoms with Crippen LogP contribution in [0.1, 0.15) is 24.2 Å². The van der Waals surface area contributed by atoms with Gasteiger partial charge in [-0.2, -0.15) is 0 Å². The van der Waals surface area contributed by atoms with Crippen molar-refractivity contribution >= 4 is 27.3 Å². The maximum atomic E-state index is 12.3. The fraction of sp³-hybridized carbons (Fsp3) is 0.263. The van der Waals surface area contributed by atoms with Crippen molar-refractivity contribution in [1.82, 2.24) is 10.9 Å². The Morgan fingerprint density at radius 2 is 1.71 bits per heavy atom. The fourth-order valence-corrected chi connectivity index (χ4v) is 3.04. The molecule has 31 heavy (non-hydrogen) atoms. The predicted octanol–water partition coefficient (Wildman–Crippen LogP) is 1.63. The molecule has 0 fully saturated rings. The molecule has 11 nitrogen and oxygen atoms in total. The van der Waals surface area contributed by atoms with Gasteiger partial charge in [0.05, 0.1) is 16.4 Å². The second-order valence-corrected chi connectivity index (χ2v) is 8.37. The maximum Gasteiger partial charge on any atom is 0.279 e. The highest BCUT2D eigenvalue weighted by Crippen LogP contribution is 2.21. The van der Waals surface area contributed by atoms with Crippen LogP contribution in [0.25, 0.3) is 0 Å². The van der Waals surface area contributed by atoms with Crippen molar-refractivity contribution in [3.63, 3.8) is 0 Å². The normalized spacial score (nSPS) is 11.8. The summed E-state index contributed by atoms with van der Waals surface area (Å²) in [5.41, 5.74) is 3.32. The van der Waals surface area contributed by atoms with Crippen molar-refractivity contribution in [1.29, 1.82) is 0 Å². The number of nitro groups is 1. The van der Waals surface area contributed by atoms with Gasteiger partial charge in [0.15, 0.2) is 15.9 Å². The van der Waals surface area contributed by atoms with Crippen molar-refractivity contribution in [2.75, 3.05) is 12.9 Å². The molecule has 0 spiro atoms. The molecule has 0 heterocycles. The molecule has 0 aromatic heterocycles. The van der Waals surface area contributed by atoms with E-state index in [0.717, 1.165) is 24.5 Å². The molecule has 166 valence electrons. The third-order valence-electron chi connectivity index (χ3n) is 3.91. The zero-order valence-corrected chi connectivity index (χ0v) is 17.8. The van der Waals surface area contributed by atoms with Crippen LogP contribution < -0.4 is 20.3 Å². The SMILES string of the molecule is CCOc1ccc(OC(C)C(=O)NNC(=O)c2cc([N+](=O)[O-])cc(S(C)(=O)=O)c2)cc1. The summed E-state index contributed by atoms with van der Waals surface area (Å²) in [6.45, 7) is 3.81. The number of hydrazine groups is 1. The van der Waals surface area contributed by atoms with E-state index in [1.807, 2.05) is 6.92 Å². The van der Waals surface area contributed by atoms with E-state index >= 15 is 0 Å². The minimum atomic E-state index is -3.80. The first-order valence-electron chi connectivity index (χ1n) is 9.00. The van der Waals surface area contributed by atoms with Crippen LogP contribution in [0.15, 0.2) is 47.4 Å². The molecule has 12 heteroatoms. The molecule has 1 unspecified atom stereocenters. The van der Waals surface area contributed by atoms with E-state index in [2.05, 4.69) is 10.9 Å². The molecule has 0 aliphatic carbocycles. The number of ether oxygens (including phenoxy) is 2. The molecular weight excluding hydrogens is 430 g/mol. The molecule has 0 aliphatic rings. The number of sulfone groups is 1. The van der Waals surface area contributed by atoms with Crippen LogP contribution in [0.4, 0.5) is 5.69 Å². The summed E-state index contributed by atoms with van der Waals surface area (Å²) < 4.78 is 34.2. The zero-order chi connectivity index (χ0) is 23.2.